The molecule has 3 aromatic rings. The Morgan fingerprint density at radius 3 is 2.50 bits per heavy atom. The van der Waals surface area contributed by atoms with Crippen molar-refractivity contribution in [2.75, 3.05) is 11.9 Å². The van der Waals surface area contributed by atoms with Crippen LogP contribution in [0.2, 0.25) is 0 Å². The lowest BCUT2D eigenvalue weighted by molar-refractivity contribution is 0.132. The van der Waals surface area contributed by atoms with Crippen molar-refractivity contribution in [3.05, 3.63) is 64.9 Å². The first-order valence-corrected chi connectivity index (χ1v) is 10.3. The van der Waals surface area contributed by atoms with Gasteiger partial charge < -0.3 is 5.32 Å². The molecule has 0 amide bonds. The SMILES string of the molecule is Cc1cc(C)nc(Nc2cc(C)nc(C3CCCCN3Cc3ccc(F)cn3)n2)n1. The fourth-order valence-corrected chi connectivity index (χ4v) is 3.88. The number of aromatic nitrogens is 5. The molecular weight excluding hydrogens is 381 g/mol. The van der Waals surface area contributed by atoms with Crippen molar-refractivity contribution in [1.29, 1.82) is 0 Å². The van der Waals surface area contributed by atoms with Gasteiger partial charge in [0.05, 0.1) is 17.9 Å². The van der Waals surface area contributed by atoms with Gasteiger partial charge in [-0.15, -0.1) is 0 Å². The minimum atomic E-state index is -0.319. The number of rotatable bonds is 5. The molecule has 30 heavy (non-hydrogen) atoms. The Balaban J connectivity index is 1.58. The molecule has 8 heteroatoms. The standard InChI is InChI=1S/C22H26FN7/c1-14-10-15(2)27-22(26-14)29-20-11-16(3)25-21(28-20)19-6-4-5-9-30(19)13-18-8-7-17(23)12-24-18/h7-8,10-12,19H,4-6,9,13H2,1-3H3,(H,25,26,27,28,29). The third-order valence-electron chi connectivity index (χ3n) is 5.16. The van der Waals surface area contributed by atoms with E-state index in [0.717, 1.165) is 54.4 Å². The summed E-state index contributed by atoms with van der Waals surface area (Å²) in [6.07, 6.45) is 4.48. The first-order valence-electron chi connectivity index (χ1n) is 10.3. The second-order valence-corrected chi connectivity index (χ2v) is 7.80. The monoisotopic (exact) mass is 407 g/mol. The zero-order chi connectivity index (χ0) is 21.1. The molecule has 0 aliphatic carbocycles. The number of hydrogen-bond donors (Lipinski definition) is 1. The van der Waals surface area contributed by atoms with Crippen molar-refractivity contribution >= 4 is 11.8 Å². The number of nitrogens with zero attached hydrogens (tertiary/aromatic N) is 6. The number of halogens is 1. The van der Waals surface area contributed by atoms with E-state index < -0.39 is 0 Å². The third kappa shape index (κ3) is 4.94. The lowest BCUT2D eigenvalue weighted by Gasteiger charge is -2.34. The summed E-state index contributed by atoms with van der Waals surface area (Å²) in [6, 6.07) is 7.12. The van der Waals surface area contributed by atoms with Crippen LogP contribution >= 0.6 is 0 Å². The number of pyridine rings is 1. The lowest BCUT2D eigenvalue weighted by Crippen LogP contribution is -2.34. The topological polar surface area (TPSA) is 79.7 Å². The molecule has 4 heterocycles. The highest BCUT2D eigenvalue weighted by Crippen LogP contribution is 2.31. The van der Waals surface area contributed by atoms with E-state index in [0.29, 0.717) is 18.3 Å². The van der Waals surface area contributed by atoms with Crippen molar-refractivity contribution in [2.45, 2.75) is 52.6 Å². The molecule has 0 spiro atoms. The van der Waals surface area contributed by atoms with E-state index in [1.54, 1.807) is 6.07 Å². The van der Waals surface area contributed by atoms with E-state index in [9.17, 15) is 4.39 Å². The van der Waals surface area contributed by atoms with Gasteiger partial charge in [0.25, 0.3) is 0 Å². The predicted octanol–water partition coefficient (Wildman–Crippen LogP) is 4.20. The van der Waals surface area contributed by atoms with Crippen molar-refractivity contribution in [1.82, 2.24) is 29.8 Å². The highest BCUT2D eigenvalue weighted by molar-refractivity contribution is 5.48. The summed E-state index contributed by atoms with van der Waals surface area (Å²) in [5.41, 5.74) is 3.54. The average Bonchev–Trinajstić information content (AvgIpc) is 2.69. The van der Waals surface area contributed by atoms with Gasteiger partial charge in [-0.1, -0.05) is 6.42 Å². The molecule has 1 aliphatic rings. The van der Waals surface area contributed by atoms with Gasteiger partial charge >= 0.3 is 0 Å². The van der Waals surface area contributed by atoms with Gasteiger partial charge in [0, 0.05) is 29.7 Å². The smallest absolute Gasteiger partial charge is 0.228 e. The van der Waals surface area contributed by atoms with Crippen LogP contribution in [-0.2, 0) is 6.54 Å². The number of piperidine rings is 1. The Labute approximate surface area is 175 Å². The van der Waals surface area contributed by atoms with Gasteiger partial charge in [-0.3, -0.25) is 9.88 Å². The molecule has 1 N–H and O–H groups in total. The van der Waals surface area contributed by atoms with Gasteiger partial charge in [0.2, 0.25) is 5.95 Å². The third-order valence-corrected chi connectivity index (χ3v) is 5.16. The highest BCUT2D eigenvalue weighted by atomic mass is 19.1. The second kappa shape index (κ2) is 8.79. The molecule has 1 fully saturated rings. The maximum Gasteiger partial charge on any atom is 0.228 e. The first kappa shape index (κ1) is 20.3. The Morgan fingerprint density at radius 1 is 1.00 bits per heavy atom. The average molecular weight is 407 g/mol. The summed E-state index contributed by atoms with van der Waals surface area (Å²) in [7, 11) is 0. The maximum atomic E-state index is 13.2. The summed E-state index contributed by atoms with van der Waals surface area (Å²) >= 11 is 0. The molecule has 3 aromatic heterocycles. The number of hydrogen-bond acceptors (Lipinski definition) is 7. The fourth-order valence-electron chi connectivity index (χ4n) is 3.88. The van der Waals surface area contributed by atoms with Crippen molar-refractivity contribution in [3.8, 4) is 0 Å². The summed E-state index contributed by atoms with van der Waals surface area (Å²) in [4.78, 5) is 25.0. The van der Waals surface area contributed by atoms with Crippen LogP contribution in [-0.4, -0.2) is 36.4 Å². The van der Waals surface area contributed by atoms with Crippen LogP contribution in [0.5, 0.6) is 0 Å². The Hall–Kier alpha value is -3.00. The number of nitrogens with one attached hydrogen (secondary N) is 1. The second-order valence-electron chi connectivity index (χ2n) is 7.80. The molecule has 1 unspecified atom stereocenters. The zero-order valence-corrected chi connectivity index (χ0v) is 17.6. The maximum absolute atomic E-state index is 13.2. The van der Waals surface area contributed by atoms with E-state index in [-0.39, 0.29) is 11.9 Å². The molecule has 0 saturated carbocycles. The van der Waals surface area contributed by atoms with Gasteiger partial charge in [0.15, 0.2) is 0 Å². The van der Waals surface area contributed by atoms with E-state index in [4.69, 9.17) is 9.97 Å². The van der Waals surface area contributed by atoms with E-state index in [2.05, 4.69) is 25.2 Å². The molecule has 0 aromatic carbocycles. The first-order chi connectivity index (χ1) is 14.5. The normalized spacial score (nSPS) is 17.1. The predicted molar refractivity (Wildman–Crippen MR) is 113 cm³/mol. The molecule has 1 saturated heterocycles. The number of aryl methyl sites for hydroxylation is 3. The van der Waals surface area contributed by atoms with Crippen molar-refractivity contribution < 1.29 is 4.39 Å². The molecule has 1 aliphatic heterocycles. The molecule has 1 atom stereocenters. The van der Waals surface area contributed by atoms with Crippen LogP contribution in [0.1, 0.15) is 53.9 Å². The summed E-state index contributed by atoms with van der Waals surface area (Å²) in [5.74, 6) is 1.68. The highest BCUT2D eigenvalue weighted by Gasteiger charge is 2.27. The summed E-state index contributed by atoms with van der Waals surface area (Å²) < 4.78 is 13.2. The van der Waals surface area contributed by atoms with E-state index in [1.165, 1.54) is 12.3 Å². The van der Waals surface area contributed by atoms with Gasteiger partial charge in [-0.2, -0.15) is 0 Å². The molecule has 0 bridgehead atoms. The van der Waals surface area contributed by atoms with Gasteiger partial charge in [-0.05, 0) is 58.4 Å². The fraction of sp³-hybridized carbons (Fsp3) is 0.409. The van der Waals surface area contributed by atoms with Gasteiger partial charge in [0.1, 0.15) is 17.5 Å². The van der Waals surface area contributed by atoms with Crippen LogP contribution in [0.15, 0.2) is 30.5 Å². The quantitative estimate of drug-likeness (QED) is 0.679. The Morgan fingerprint density at radius 2 is 1.77 bits per heavy atom. The van der Waals surface area contributed by atoms with E-state index >= 15 is 0 Å². The molecule has 4 rings (SSSR count). The van der Waals surface area contributed by atoms with Crippen molar-refractivity contribution in [3.63, 3.8) is 0 Å². The largest absolute Gasteiger partial charge is 0.309 e. The molecular formula is C22H26FN7. The zero-order valence-electron chi connectivity index (χ0n) is 17.6. The number of likely N-dealkylation sites (tertiary alicyclic amines) is 1. The Bertz CT molecular complexity index is 1000. The van der Waals surface area contributed by atoms with Crippen molar-refractivity contribution in [2.24, 2.45) is 0 Å². The van der Waals surface area contributed by atoms with E-state index in [1.807, 2.05) is 32.9 Å². The van der Waals surface area contributed by atoms with Crippen LogP contribution in [0.25, 0.3) is 0 Å². The van der Waals surface area contributed by atoms with Crippen LogP contribution in [0, 0.1) is 26.6 Å². The minimum Gasteiger partial charge on any atom is -0.309 e. The molecule has 0 radical (unpaired) electrons. The van der Waals surface area contributed by atoms with Crippen LogP contribution < -0.4 is 5.32 Å². The van der Waals surface area contributed by atoms with Crippen LogP contribution in [0.4, 0.5) is 16.2 Å². The molecule has 7 nitrogen and oxygen atoms in total. The Kier molecular flexibility index (Phi) is 5.94. The summed E-state index contributed by atoms with van der Waals surface area (Å²) in [5, 5.41) is 3.23. The molecule has 156 valence electrons. The summed E-state index contributed by atoms with van der Waals surface area (Å²) in [6.45, 7) is 7.43. The lowest BCUT2D eigenvalue weighted by atomic mass is 10.0. The van der Waals surface area contributed by atoms with Gasteiger partial charge in [-0.25, -0.2) is 24.3 Å². The van der Waals surface area contributed by atoms with Crippen LogP contribution in [0.3, 0.4) is 0 Å². The number of anilines is 2. The minimum absolute atomic E-state index is 0.0891.